The fourth-order valence-corrected chi connectivity index (χ4v) is 4.71. The summed E-state index contributed by atoms with van der Waals surface area (Å²) in [6.07, 6.45) is 4.48. The molecule has 5 nitrogen and oxygen atoms in total. The number of carbonyl (C=O) groups excluding carboxylic acids is 1. The van der Waals surface area contributed by atoms with Gasteiger partial charge in [0.1, 0.15) is 0 Å². The molecule has 3 heterocycles. The summed E-state index contributed by atoms with van der Waals surface area (Å²) in [6.45, 7) is 4.65. The quantitative estimate of drug-likeness (QED) is 0.676. The average molecular weight is 392 g/mol. The van der Waals surface area contributed by atoms with Crippen LogP contribution in [-0.4, -0.2) is 42.2 Å². The summed E-state index contributed by atoms with van der Waals surface area (Å²) >= 11 is 8.05. The molecule has 7 heteroatoms. The van der Waals surface area contributed by atoms with Crippen molar-refractivity contribution in [3.63, 3.8) is 0 Å². The van der Waals surface area contributed by atoms with Gasteiger partial charge in [-0.05, 0) is 18.6 Å². The van der Waals surface area contributed by atoms with Crippen LogP contribution in [0.1, 0.15) is 38.2 Å². The zero-order valence-corrected chi connectivity index (χ0v) is 16.4. The van der Waals surface area contributed by atoms with Gasteiger partial charge in [0.05, 0.1) is 17.9 Å². The van der Waals surface area contributed by atoms with Crippen molar-refractivity contribution in [3.8, 4) is 5.75 Å². The second kappa shape index (κ2) is 7.53. The fourth-order valence-electron chi connectivity index (χ4n) is 3.54. The molecule has 138 valence electrons. The lowest BCUT2D eigenvalue weighted by Crippen LogP contribution is -2.39. The lowest BCUT2D eigenvalue weighted by Gasteiger charge is -2.32. The van der Waals surface area contributed by atoms with E-state index in [2.05, 4.69) is 22.2 Å². The Morgan fingerprint density at radius 1 is 1.31 bits per heavy atom. The minimum Gasteiger partial charge on any atom is -0.481 e. The zero-order chi connectivity index (χ0) is 18.1. The molecule has 26 heavy (non-hydrogen) atoms. The number of amides is 1. The zero-order valence-electron chi connectivity index (χ0n) is 14.8. The van der Waals surface area contributed by atoms with Gasteiger partial charge in [-0.1, -0.05) is 49.5 Å². The minimum atomic E-state index is 0.000385. The highest BCUT2D eigenvalue weighted by molar-refractivity contribution is 8.16. The van der Waals surface area contributed by atoms with E-state index in [4.69, 9.17) is 16.3 Å². The first kappa shape index (κ1) is 17.7. The highest BCUT2D eigenvalue weighted by Gasteiger charge is 2.33. The molecular weight excluding hydrogens is 370 g/mol. The molecule has 4 rings (SSSR count). The maximum Gasteiger partial charge on any atom is 0.265 e. The maximum atomic E-state index is 12.5. The molecule has 0 N–H and O–H groups in total. The van der Waals surface area contributed by atoms with E-state index in [9.17, 15) is 4.79 Å². The van der Waals surface area contributed by atoms with E-state index in [-0.39, 0.29) is 12.5 Å². The van der Waals surface area contributed by atoms with E-state index in [0.29, 0.717) is 11.6 Å². The minimum absolute atomic E-state index is 0.000385. The number of unbranched alkanes of at least 4 members (excludes halogenated alkanes) is 3. The van der Waals surface area contributed by atoms with Crippen molar-refractivity contribution in [2.24, 2.45) is 4.99 Å². The number of carbonyl (C=O) groups is 1. The van der Waals surface area contributed by atoms with Crippen LogP contribution in [0.2, 0.25) is 5.02 Å². The van der Waals surface area contributed by atoms with E-state index in [1.807, 2.05) is 17.0 Å². The lowest BCUT2D eigenvalue weighted by atomic mass is 10.1. The maximum absolute atomic E-state index is 12.5. The van der Waals surface area contributed by atoms with Gasteiger partial charge in [0.15, 0.2) is 17.5 Å². The number of thioether (sulfide) groups is 1. The van der Waals surface area contributed by atoms with Crippen molar-refractivity contribution >= 4 is 45.8 Å². The van der Waals surface area contributed by atoms with Crippen LogP contribution in [0.3, 0.4) is 0 Å². The molecule has 1 amide bonds. The Bertz CT molecular complexity index is 793. The summed E-state index contributed by atoms with van der Waals surface area (Å²) in [5.74, 6) is 0.755. The number of nitrogens with zero attached hydrogens (tertiary/aromatic N) is 3. The van der Waals surface area contributed by atoms with Gasteiger partial charge < -0.3 is 14.5 Å². The number of rotatable bonds is 6. The van der Waals surface area contributed by atoms with Crippen molar-refractivity contribution in [2.45, 2.75) is 32.6 Å². The van der Waals surface area contributed by atoms with Gasteiger partial charge in [0.2, 0.25) is 0 Å². The molecule has 0 spiro atoms. The number of benzene rings is 1. The van der Waals surface area contributed by atoms with Crippen molar-refractivity contribution in [1.82, 2.24) is 4.90 Å². The Morgan fingerprint density at radius 2 is 2.19 bits per heavy atom. The number of aliphatic imine (C=N–C) groups is 1. The number of hydrogen-bond acceptors (Lipinski definition) is 5. The fraction of sp³-hybridized carbons (Fsp3) is 0.474. The van der Waals surface area contributed by atoms with Crippen LogP contribution in [0.25, 0.3) is 5.70 Å². The summed E-state index contributed by atoms with van der Waals surface area (Å²) in [5.41, 5.74) is 2.79. The molecule has 0 bridgehead atoms. The number of halogens is 1. The second-order valence-corrected chi connectivity index (χ2v) is 7.91. The molecule has 1 aromatic carbocycles. The smallest absolute Gasteiger partial charge is 0.265 e. The second-order valence-electron chi connectivity index (χ2n) is 6.63. The molecule has 0 aliphatic carbocycles. The highest BCUT2D eigenvalue weighted by atomic mass is 35.5. The van der Waals surface area contributed by atoms with Crippen LogP contribution in [0.15, 0.2) is 22.5 Å². The molecule has 1 aromatic rings. The Balaban J connectivity index is 1.66. The summed E-state index contributed by atoms with van der Waals surface area (Å²) in [6, 6.07) is 3.78. The monoisotopic (exact) mass is 391 g/mol. The Morgan fingerprint density at radius 3 is 3.04 bits per heavy atom. The number of fused-ring (bicyclic) bond motifs is 2. The summed E-state index contributed by atoms with van der Waals surface area (Å²) in [5, 5.41) is 3.73. The lowest BCUT2D eigenvalue weighted by molar-refractivity contribution is -0.121. The number of anilines is 1. The third-order valence-electron chi connectivity index (χ3n) is 4.85. The molecule has 0 unspecified atom stereocenters. The van der Waals surface area contributed by atoms with Crippen LogP contribution in [0.5, 0.6) is 5.75 Å². The molecule has 3 aliphatic rings. The Labute approximate surface area is 163 Å². The van der Waals surface area contributed by atoms with Crippen molar-refractivity contribution in [2.75, 3.05) is 31.1 Å². The van der Waals surface area contributed by atoms with E-state index < -0.39 is 0 Å². The summed E-state index contributed by atoms with van der Waals surface area (Å²) in [7, 11) is 0. The molecule has 0 radical (unpaired) electrons. The number of ether oxygens (including phenoxy) is 1. The third-order valence-corrected chi connectivity index (χ3v) is 5.97. The van der Waals surface area contributed by atoms with E-state index in [0.717, 1.165) is 53.8 Å². The first-order valence-electron chi connectivity index (χ1n) is 9.15. The molecule has 0 aromatic heterocycles. The average Bonchev–Trinajstić information content (AvgIpc) is 3.23. The van der Waals surface area contributed by atoms with Gasteiger partial charge in [-0.2, -0.15) is 0 Å². The van der Waals surface area contributed by atoms with Crippen LogP contribution in [0.4, 0.5) is 5.69 Å². The predicted octanol–water partition coefficient (Wildman–Crippen LogP) is 4.36. The molecule has 0 atom stereocenters. The van der Waals surface area contributed by atoms with Crippen molar-refractivity contribution < 1.29 is 9.53 Å². The standard InChI is InChI=1S/C19H22ClN3O2S/c1-2-3-4-5-7-22-15-10-13(20)9-14(18(15)25-11-17(22)24)16-12-26-19-21-6-8-23(16)19/h9-10,12H,2-8,11H2,1H3. The van der Waals surface area contributed by atoms with Crippen LogP contribution < -0.4 is 9.64 Å². The Kier molecular flexibility index (Phi) is 5.14. The van der Waals surface area contributed by atoms with Crippen molar-refractivity contribution in [1.29, 1.82) is 0 Å². The first-order valence-corrected chi connectivity index (χ1v) is 10.4. The molecule has 3 aliphatic heterocycles. The molecule has 0 saturated heterocycles. The summed E-state index contributed by atoms with van der Waals surface area (Å²) < 4.78 is 5.87. The Hall–Kier alpha value is -1.66. The van der Waals surface area contributed by atoms with Gasteiger partial charge in [0.25, 0.3) is 5.91 Å². The van der Waals surface area contributed by atoms with E-state index in [1.54, 1.807) is 11.8 Å². The van der Waals surface area contributed by atoms with Gasteiger partial charge in [0, 0.05) is 29.1 Å². The predicted molar refractivity (Wildman–Crippen MR) is 108 cm³/mol. The van der Waals surface area contributed by atoms with Crippen molar-refractivity contribution in [3.05, 3.63) is 28.1 Å². The SMILES string of the molecule is CCCCCCN1C(=O)COc2c(C3=CSC4=NCCN34)cc(Cl)cc21. The normalized spacial score (nSPS) is 18.5. The molecular formula is C19H22ClN3O2S. The highest BCUT2D eigenvalue weighted by Crippen LogP contribution is 2.45. The van der Waals surface area contributed by atoms with E-state index in [1.165, 1.54) is 12.8 Å². The largest absolute Gasteiger partial charge is 0.481 e. The number of hydrogen-bond donors (Lipinski definition) is 0. The number of amidine groups is 1. The van der Waals surface area contributed by atoms with Gasteiger partial charge >= 0.3 is 0 Å². The van der Waals surface area contributed by atoms with Gasteiger partial charge in [-0.25, -0.2) is 0 Å². The topological polar surface area (TPSA) is 45.1 Å². The van der Waals surface area contributed by atoms with Gasteiger partial charge in [-0.15, -0.1) is 0 Å². The van der Waals surface area contributed by atoms with Crippen LogP contribution in [0, 0.1) is 0 Å². The van der Waals surface area contributed by atoms with Gasteiger partial charge in [-0.3, -0.25) is 9.79 Å². The molecule has 0 fully saturated rings. The third kappa shape index (κ3) is 3.21. The first-order chi connectivity index (χ1) is 12.7. The van der Waals surface area contributed by atoms with Crippen LogP contribution >= 0.6 is 23.4 Å². The molecule has 0 saturated carbocycles. The van der Waals surface area contributed by atoms with Crippen LogP contribution in [-0.2, 0) is 4.79 Å². The van der Waals surface area contributed by atoms with E-state index >= 15 is 0 Å². The summed E-state index contributed by atoms with van der Waals surface area (Å²) in [4.78, 5) is 21.0.